The van der Waals surface area contributed by atoms with Crippen LogP contribution in [0, 0.1) is 13.8 Å². The SMILES string of the molecule is CC(=O)N(c1nc(CSc2nnc(C3CC3)n2C)cs1)c1c(C)cccc1C. The third kappa shape index (κ3) is 3.71. The minimum Gasteiger partial charge on any atom is -0.309 e. The molecule has 6 nitrogen and oxygen atoms in total. The minimum absolute atomic E-state index is 0.0340. The molecule has 2 heterocycles. The molecule has 0 spiro atoms. The van der Waals surface area contributed by atoms with Gasteiger partial charge in [-0.3, -0.25) is 9.69 Å². The van der Waals surface area contributed by atoms with E-state index in [-0.39, 0.29) is 5.91 Å². The number of anilines is 2. The molecule has 4 rings (SSSR count). The van der Waals surface area contributed by atoms with Gasteiger partial charge < -0.3 is 4.57 Å². The van der Waals surface area contributed by atoms with Gasteiger partial charge in [0.15, 0.2) is 10.3 Å². The van der Waals surface area contributed by atoms with E-state index in [4.69, 9.17) is 4.98 Å². The third-order valence-corrected chi connectivity index (χ3v) is 6.80. The van der Waals surface area contributed by atoms with E-state index < -0.39 is 0 Å². The van der Waals surface area contributed by atoms with Crippen molar-refractivity contribution in [1.29, 1.82) is 0 Å². The second kappa shape index (κ2) is 7.67. The number of para-hydroxylation sites is 1. The molecular formula is C20H23N5OS2. The highest BCUT2D eigenvalue weighted by atomic mass is 32.2. The predicted molar refractivity (Wildman–Crippen MR) is 113 cm³/mol. The summed E-state index contributed by atoms with van der Waals surface area (Å²) in [6.07, 6.45) is 2.43. The molecule has 1 fully saturated rings. The summed E-state index contributed by atoms with van der Waals surface area (Å²) in [4.78, 5) is 18.9. The van der Waals surface area contributed by atoms with Crippen LogP contribution in [0.3, 0.4) is 0 Å². The first-order valence-corrected chi connectivity index (χ1v) is 11.2. The fourth-order valence-corrected chi connectivity index (χ4v) is 5.09. The van der Waals surface area contributed by atoms with Crippen molar-refractivity contribution in [2.45, 2.75) is 50.4 Å². The summed E-state index contributed by atoms with van der Waals surface area (Å²) in [6, 6.07) is 6.05. The van der Waals surface area contributed by atoms with Crippen LogP contribution in [0.1, 0.15) is 48.3 Å². The van der Waals surface area contributed by atoms with Gasteiger partial charge in [0.1, 0.15) is 5.82 Å². The second-order valence-corrected chi connectivity index (χ2v) is 8.96. The van der Waals surface area contributed by atoms with Gasteiger partial charge in [0.2, 0.25) is 5.91 Å². The molecule has 0 N–H and O–H groups in total. The van der Waals surface area contributed by atoms with E-state index in [0.717, 1.165) is 33.5 Å². The summed E-state index contributed by atoms with van der Waals surface area (Å²) in [5.74, 6) is 2.33. The molecule has 1 saturated carbocycles. The highest BCUT2D eigenvalue weighted by molar-refractivity contribution is 7.98. The number of thioether (sulfide) groups is 1. The normalized spacial score (nSPS) is 13.7. The van der Waals surface area contributed by atoms with Crippen molar-refractivity contribution in [3.63, 3.8) is 0 Å². The van der Waals surface area contributed by atoms with Crippen LogP contribution in [-0.4, -0.2) is 25.7 Å². The van der Waals surface area contributed by atoms with E-state index in [2.05, 4.69) is 14.8 Å². The first-order chi connectivity index (χ1) is 13.5. The van der Waals surface area contributed by atoms with Gasteiger partial charge in [0.25, 0.3) is 0 Å². The Morgan fingerprint density at radius 3 is 2.64 bits per heavy atom. The molecule has 0 atom stereocenters. The number of aromatic nitrogens is 4. The third-order valence-electron chi connectivity index (χ3n) is 4.87. The standard InChI is InChI=1S/C20H23N5OS2/c1-12-6-5-7-13(2)17(12)25(14(3)26)19-21-16(10-27-19)11-28-20-23-22-18(24(20)4)15-8-9-15/h5-7,10,15H,8-9,11H2,1-4H3. The number of rotatable bonds is 6. The molecule has 0 unspecified atom stereocenters. The average Bonchev–Trinajstić information content (AvgIpc) is 3.27. The van der Waals surface area contributed by atoms with Crippen LogP contribution in [0.4, 0.5) is 10.8 Å². The molecule has 1 aliphatic rings. The topological polar surface area (TPSA) is 63.9 Å². The summed E-state index contributed by atoms with van der Waals surface area (Å²) >= 11 is 3.13. The summed E-state index contributed by atoms with van der Waals surface area (Å²) < 4.78 is 2.09. The maximum Gasteiger partial charge on any atom is 0.230 e. The Morgan fingerprint density at radius 1 is 1.29 bits per heavy atom. The molecule has 0 bridgehead atoms. The zero-order chi connectivity index (χ0) is 19.8. The fraction of sp³-hybridized carbons (Fsp3) is 0.400. The van der Waals surface area contributed by atoms with Gasteiger partial charge in [-0.2, -0.15) is 0 Å². The monoisotopic (exact) mass is 413 g/mol. The van der Waals surface area contributed by atoms with Crippen LogP contribution in [0.15, 0.2) is 28.7 Å². The van der Waals surface area contributed by atoms with E-state index in [9.17, 15) is 4.79 Å². The smallest absolute Gasteiger partial charge is 0.230 e. The molecule has 28 heavy (non-hydrogen) atoms. The summed E-state index contributed by atoms with van der Waals surface area (Å²) in [5.41, 5.74) is 3.99. The zero-order valence-corrected chi connectivity index (χ0v) is 18.1. The van der Waals surface area contributed by atoms with Crippen LogP contribution in [0.2, 0.25) is 0 Å². The maximum atomic E-state index is 12.4. The minimum atomic E-state index is -0.0340. The number of aryl methyl sites for hydroxylation is 2. The van der Waals surface area contributed by atoms with Crippen LogP contribution in [-0.2, 0) is 17.6 Å². The van der Waals surface area contributed by atoms with E-state index in [1.54, 1.807) is 23.6 Å². The van der Waals surface area contributed by atoms with E-state index in [1.165, 1.54) is 24.2 Å². The number of thiazole rings is 1. The average molecular weight is 414 g/mol. The molecule has 0 saturated heterocycles. The van der Waals surface area contributed by atoms with Crippen molar-refractivity contribution in [2.75, 3.05) is 4.90 Å². The van der Waals surface area contributed by atoms with Crippen molar-refractivity contribution in [3.8, 4) is 0 Å². The Kier molecular flexibility index (Phi) is 5.25. The number of benzene rings is 1. The highest BCUT2D eigenvalue weighted by Crippen LogP contribution is 2.40. The van der Waals surface area contributed by atoms with Crippen LogP contribution in [0.5, 0.6) is 0 Å². The number of carbonyl (C=O) groups excluding carboxylic acids is 1. The molecule has 146 valence electrons. The number of hydrogen-bond acceptors (Lipinski definition) is 6. The number of amides is 1. The molecule has 8 heteroatoms. The van der Waals surface area contributed by atoms with Crippen LogP contribution < -0.4 is 4.90 Å². The van der Waals surface area contributed by atoms with Gasteiger partial charge in [-0.05, 0) is 37.8 Å². The number of hydrogen-bond donors (Lipinski definition) is 0. The van der Waals surface area contributed by atoms with Crippen molar-refractivity contribution < 1.29 is 4.79 Å². The first kappa shape index (κ1) is 19.1. The van der Waals surface area contributed by atoms with Crippen LogP contribution >= 0.6 is 23.1 Å². The lowest BCUT2D eigenvalue weighted by Gasteiger charge is -2.22. The lowest BCUT2D eigenvalue weighted by atomic mass is 10.1. The number of carbonyl (C=O) groups is 1. The van der Waals surface area contributed by atoms with Crippen molar-refractivity contribution >= 4 is 39.8 Å². The quantitative estimate of drug-likeness (QED) is 0.546. The molecule has 1 aliphatic carbocycles. The zero-order valence-electron chi connectivity index (χ0n) is 16.5. The lowest BCUT2D eigenvalue weighted by molar-refractivity contribution is -0.115. The summed E-state index contributed by atoms with van der Waals surface area (Å²) in [7, 11) is 2.03. The van der Waals surface area contributed by atoms with Gasteiger partial charge in [-0.25, -0.2) is 4.98 Å². The van der Waals surface area contributed by atoms with Crippen molar-refractivity contribution in [1.82, 2.24) is 19.7 Å². The molecule has 1 aromatic carbocycles. The second-order valence-electron chi connectivity index (χ2n) is 7.18. The Morgan fingerprint density at radius 2 is 2.00 bits per heavy atom. The first-order valence-electron chi connectivity index (χ1n) is 9.29. The summed E-state index contributed by atoms with van der Waals surface area (Å²) in [5, 5.41) is 12.3. The van der Waals surface area contributed by atoms with Gasteiger partial charge >= 0.3 is 0 Å². The highest BCUT2D eigenvalue weighted by Gasteiger charge is 2.29. The Hall–Kier alpha value is -2.19. The largest absolute Gasteiger partial charge is 0.309 e. The van der Waals surface area contributed by atoms with E-state index in [1.807, 2.05) is 44.5 Å². The molecular weight excluding hydrogens is 390 g/mol. The molecule has 0 aliphatic heterocycles. The van der Waals surface area contributed by atoms with E-state index in [0.29, 0.717) is 16.8 Å². The van der Waals surface area contributed by atoms with Gasteiger partial charge in [-0.15, -0.1) is 21.5 Å². The van der Waals surface area contributed by atoms with Gasteiger partial charge in [0, 0.05) is 31.0 Å². The lowest BCUT2D eigenvalue weighted by Crippen LogP contribution is -2.24. The molecule has 2 aromatic heterocycles. The van der Waals surface area contributed by atoms with Gasteiger partial charge in [0.05, 0.1) is 11.4 Å². The molecule has 3 aromatic rings. The Balaban J connectivity index is 1.53. The maximum absolute atomic E-state index is 12.4. The van der Waals surface area contributed by atoms with Gasteiger partial charge in [-0.1, -0.05) is 30.0 Å². The Labute approximate surface area is 173 Å². The van der Waals surface area contributed by atoms with Crippen molar-refractivity contribution in [3.05, 3.63) is 46.2 Å². The molecule has 1 amide bonds. The molecule has 0 radical (unpaired) electrons. The number of nitrogens with zero attached hydrogens (tertiary/aromatic N) is 5. The van der Waals surface area contributed by atoms with Crippen molar-refractivity contribution in [2.24, 2.45) is 7.05 Å². The Bertz CT molecular complexity index is 1000. The summed E-state index contributed by atoms with van der Waals surface area (Å²) in [6.45, 7) is 5.63. The van der Waals surface area contributed by atoms with Crippen LogP contribution in [0.25, 0.3) is 0 Å². The predicted octanol–water partition coefficient (Wildman–Crippen LogP) is 4.74. The fourth-order valence-electron chi connectivity index (χ4n) is 3.30. The van der Waals surface area contributed by atoms with E-state index >= 15 is 0 Å².